The number of aliphatic hydroxyl groups excluding tert-OH is 1. The van der Waals surface area contributed by atoms with Crippen LogP contribution >= 0.6 is 22.9 Å². The van der Waals surface area contributed by atoms with Crippen molar-refractivity contribution in [3.63, 3.8) is 0 Å². The Hall–Kier alpha value is -1.88. The first kappa shape index (κ1) is 19.4. The number of hydrogen-bond donors (Lipinski definition) is 1. The highest BCUT2D eigenvalue weighted by molar-refractivity contribution is 7.07. The van der Waals surface area contributed by atoms with Crippen LogP contribution < -0.4 is 4.80 Å². The third-order valence-electron chi connectivity index (χ3n) is 5.46. The molecule has 1 N–H and O–H groups in total. The van der Waals surface area contributed by atoms with E-state index < -0.39 is 0 Å². The molecule has 2 aromatic carbocycles. The molecule has 0 amide bonds. The van der Waals surface area contributed by atoms with E-state index in [0.717, 1.165) is 16.2 Å². The summed E-state index contributed by atoms with van der Waals surface area (Å²) in [4.78, 5) is 5.63. The van der Waals surface area contributed by atoms with Gasteiger partial charge in [-0.2, -0.15) is 0 Å². The van der Waals surface area contributed by atoms with Gasteiger partial charge in [-0.1, -0.05) is 55.1 Å². The van der Waals surface area contributed by atoms with Crippen molar-refractivity contribution < 1.29 is 5.11 Å². The lowest BCUT2D eigenvalue weighted by Gasteiger charge is -2.22. The summed E-state index contributed by atoms with van der Waals surface area (Å²) in [5.74, 6) is 0.713. The molecule has 5 heteroatoms. The average molecular weight is 413 g/mol. The first-order valence-corrected chi connectivity index (χ1v) is 11.2. The molecule has 1 aliphatic rings. The van der Waals surface area contributed by atoms with E-state index in [2.05, 4.69) is 34.2 Å². The van der Waals surface area contributed by atoms with E-state index in [0.29, 0.717) is 17.5 Å². The summed E-state index contributed by atoms with van der Waals surface area (Å²) in [7, 11) is 0. The van der Waals surface area contributed by atoms with Crippen LogP contribution in [0.1, 0.15) is 43.6 Å². The van der Waals surface area contributed by atoms with E-state index in [1.165, 1.54) is 43.2 Å². The van der Waals surface area contributed by atoms with E-state index in [1.54, 1.807) is 11.3 Å². The molecule has 1 heterocycles. The molecule has 1 aliphatic carbocycles. The SMILES string of the molecule is OCCn1c(-c2ccc(C3CCCCC3)cc2)csc1=Nc1ccc(Cl)cc1. The molecule has 3 nitrogen and oxygen atoms in total. The second-order valence-corrected chi connectivity index (χ2v) is 8.60. The maximum atomic E-state index is 9.58. The van der Waals surface area contributed by atoms with Gasteiger partial charge in [-0.05, 0) is 54.2 Å². The fourth-order valence-electron chi connectivity index (χ4n) is 3.95. The van der Waals surface area contributed by atoms with Gasteiger partial charge in [-0.3, -0.25) is 0 Å². The van der Waals surface area contributed by atoms with Crippen molar-refractivity contribution in [2.75, 3.05) is 6.61 Å². The maximum absolute atomic E-state index is 9.58. The predicted octanol–water partition coefficient (Wildman–Crippen LogP) is 6.14. The predicted molar refractivity (Wildman–Crippen MR) is 117 cm³/mol. The maximum Gasteiger partial charge on any atom is 0.190 e. The highest BCUT2D eigenvalue weighted by Crippen LogP contribution is 2.33. The van der Waals surface area contributed by atoms with Crippen molar-refractivity contribution in [1.29, 1.82) is 0 Å². The highest BCUT2D eigenvalue weighted by Gasteiger charge is 2.16. The zero-order valence-corrected chi connectivity index (χ0v) is 17.4. The smallest absolute Gasteiger partial charge is 0.190 e. The van der Waals surface area contributed by atoms with Crippen molar-refractivity contribution in [1.82, 2.24) is 4.57 Å². The van der Waals surface area contributed by atoms with E-state index in [1.807, 2.05) is 24.3 Å². The van der Waals surface area contributed by atoms with Gasteiger partial charge in [-0.25, -0.2) is 4.99 Å². The molecule has 146 valence electrons. The van der Waals surface area contributed by atoms with Crippen molar-refractivity contribution in [2.45, 2.75) is 44.6 Å². The molecule has 0 spiro atoms. The van der Waals surface area contributed by atoms with Gasteiger partial charge in [-0.15, -0.1) is 11.3 Å². The molecule has 0 radical (unpaired) electrons. The van der Waals surface area contributed by atoms with Crippen LogP contribution in [0.25, 0.3) is 11.3 Å². The normalized spacial score (nSPS) is 15.9. The monoisotopic (exact) mass is 412 g/mol. The molecule has 1 fully saturated rings. The van der Waals surface area contributed by atoms with Gasteiger partial charge in [0.2, 0.25) is 0 Å². The quantitative estimate of drug-likeness (QED) is 0.536. The summed E-state index contributed by atoms with van der Waals surface area (Å²) in [6.07, 6.45) is 6.70. The molecule has 1 aromatic heterocycles. The van der Waals surface area contributed by atoms with Crippen molar-refractivity contribution in [2.24, 2.45) is 4.99 Å². The Morgan fingerprint density at radius 2 is 1.71 bits per heavy atom. The van der Waals surface area contributed by atoms with Crippen LogP contribution in [0.3, 0.4) is 0 Å². The fraction of sp³-hybridized carbons (Fsp3) is 0.348. The Labute approximate surface area is 175 Å². The molecule has 0 bridgehead atoms. The summed E-state index contributed by atoms with van der Waals surface area (Å²) in [6, 6.07) is 16.5. The zero-order chi connectivity index (χ0) is 19.3. The molecule has 3 aromatic rings. The number of halogens is 1. The number of thiazole rings is 1. The Bertz CT molecular complexity index is 967. The number of aliphatic hydroxyl groups is 1. The van der Waals surface area contributed by atoms with Gasteiger partial charge < -0.3 is 9.67 Å². The zero-order valence-electron chi connectivity index (χ0n) is 15.9. The van der Waals surface area contributed by atoms with Crippen molar-refractivity contribution in [3.05, 3.63) is 69.3 Å². The topological polar surface area (TPSA) is 37.5 Å². The molecule has 4 rings (SSSR count). The minimum absolute atomic E-state index is 0.0810. The lowest BCUT2D eigenvalue weighted by Crippen LogP contribution is -2.17. The third-order valence-corrected chi connectivity index (χ3v) is 6.57. The summed E-state index contributed by atoms with van der Waals surface area (Å²) >= 11 is 7.57. The molecule has 0 saturated heterocycles. The number of nitrogens with zero attached hydrogens (tertiary/aromatic N) is 2. The lowest BCUT2D eigenvalue weighted by atomic mass is 9.84. The van der Waals surface area contributed by atoms with Gasteiger partial charge >= 0.3 is 0 Å². The highest BCUT2D eigenvalue weighted by atomic mass is 35.5. The molecular weight excluding hydrogens is 388 g/mol. The van der Waals surface area contributed by atoms with Crippen LogP contribution in [-0.2, 0) is 6.54 Å². The van der Waals surface area contributed by atoms with Crippen LogP contribution in [0.5, 0.6) is 0 Å². The van der Waals surface area contributed by atoms with E-state index >= 15 is 0 Å². The first-order valence-electron chi connectivity index (χ1n) is 9.94. The average Bonchev–Trinajstić information content (AvgIpc) is 3.13. The minimum atomic E-state index is 0.0810. The largest absolute Gasteiger partial charge is 0.395 e. The standard InChI is InChI=1S/C23H25ClN2OS/c24-20-10-12-21(13-11-20)25-23-26(14-15-27)22(16-28-23)19-8-6-18(7-9-19)17-4-2-1-3-5-17/h6-13,16-17,27H,1-5,14-15H2. The molecule has 0 aliphatic heterocycles. The van der Waals surface area contributed by atoms with Gasteiger partial charge in [0, 0.05) is 16.9 Å². The summed E-state index contributed by atoms with van der Waals surface area (Å²) < 4.78 is 2.09. The Kier molecular flexibility index (Phi) is 6.30. The number of hydrogen-bond acceptors (Lipinski definition) is 3. The summed E-state index contributed by atoms with van der Waals surface area (Å²) in [5.41, 5.74) is 4.58. The number of benzene rings is 2. The Morgan fingerprint density at radius 3 is 2.39 bits per heavy atom. The van der Waals surface area contributed by atoms with Crippen LogP contribution in [-0.4, -0.2) is 16.3 Å². The van der Waals surface area contributed by atoms with Gasteiger partial charge in [0.05, 0.1) is 18.0 Å². The molecule has 0 unspecified atom stereocenters. The van der Waals surface area contributed by atoms with Gasteiger partial charge in [0.1, 0.15) is 0 Å². The summed E-state index contributed by atoms with van der Waals surface area (Å²) in [5, 5.41) is 12.4. The van der Waals surface area contributed by atoms with Crippen LogP contribution in [0, 0.1) is 0 Å². The van der Waals surface area contributed by atoms with E-state index in [-0.39, 0.29) is 6.61 Å². The molecule has 28 heavy (non-hydrogen) atoms. The fourth-order valence-corrected chi connectivity index (χ4v) is 5.03. The minimum Gasteiger partial charge on any atom is -0.395 e. The molecule has 0 atom stereocenters. The van der Waals surface area contributed by atoms with Crippen molar-refractivity contribution in [3.8, 4) is 11.3 Å². The number of aromatic nitrogens is 1. The number of rotatable bonds is 5. The van der Waals surface area contributed by atoms with Crippen molar-refractivity contribution >= 4 is 28.6 Å². The van der Waals surface area contributed by atoms with E-state index in [4.69, 9.17) is 16.6 Å². The Balaban J connectivity index is 1.65. The first-order chi connectivity index (χ1) is 13.7. The third kappa shape index (κ3) is 4.40. The van der Waals surface area contributed by atoms with Gasteiger partial charge in [0.25, 0.3) is 0 Å². The lowest BCUT2D eigenvalue weighted by molar-refractivity contribution is 0.275. The molecular formula is C23H25ClN2OS. The Morgan fingerprint density at radius 1 is 1.00 bits per heavy atom. The summed E-state index contributed by atoms with van der Waals surface area (Å²) in [6.45, 7) is 0.604. The van der Waals surface area contributed by atoms with E-state index in [9.17, 15) is 5.11 Å². The van der Waals surface area contributed by atoms with Crippen LogP contribution in [0.4, 0.5) is 5.69 Å². The van der Waals surface area contributed by atoms with Crippen LogP contribution in [0.15, 0.2) is 58.9 Å². The second kappa shape index (κ2) is 9.08. The van der Waals surface area contributed by atoms with Gasteiger partial charge in [0.15, 0.2) is 4.80 Å². The molecule has 1 saturated carbocycles. The van der Waals surface area contributed by atoms with Crippen LogP contribution in [0.2, 0.25) is 5.02 Å². The second-order valence-electron chi connectivity index (χ2n) is 7.32.